The molecule has 0 atom stereocenters. The van der Waals surface area contributed by atoms with E-state index in [2.05, 4.69) is 22.7 Å². The number of para-hydroxylation sites is 1. The molecule has 0 unspecified atom stereocenters. The van der Waals surface area contributed by atoms with Crippen molar-refractivity contribution in [1.29, 1.82) is 0 Å². The van der Waals surface area contributed by atoms with Crippen molar-refractivity contribution in [3.63, 3.8) is 0 Å². The van der Waals surface area contributed by atoms with Gasteiger partial charge in [0.2, 0.25) is 5.91 Å². The predicted octanol–water partition coefficient (Wildman–Crippen LogP) is 5.72. The van der Waals surface area contributed by atoms with Crippen LogP contribution in [0.2, 0.25) is 0 Å². The van der Waals surface area contributed by atoms with E-state index in [-0.39, 0.29) is 5.91 Å². The number of imidazole rings is 1. The van der Waals surface area contributed by atoms with Gasteiger partial charge in [0.1, 0.15) is 11.6 Å². The number of ether oxygens (including phenoxy) is 1. The van der Waals surface area contributed by atoms with Crippen molar-refractivity contribution in [2.75, 3.05) is 7.05 Å². The Labute approximate surface area is 214 Å². The molecule has 188 valence electrons. The fourth-order valence-electron chi connectivity index (χ4n) is 4.68. The number of aryl methyl sites for hydroxylation is 1. The van der Waals surface area contributed by atoms with Crippen LogP contribution in [0.3, 0.4) is 0 Å². The molecule has 1 aliphatic rings. The number of benzene rings is 3. The lowest BCUT2D eigenvalue weighted by Crippen LogP contribution is -2.28. The summed E-state index contributed by atoms with van der Waals surface area (Å²) in [5, 5.41) is 15.0. The Morgan fingerprint density at radius 3 is 2.51 bits per heavy atom. The number of hydrogen-bond donors (Lipinski definition) is 1. The highest BCUT2D eigenvalue weighted by molar-refractivity contribution is 6.05. The molecule has 1 aromatic heterocycles. The summed E-state index contributed by atoms with van der Waals surface area (Å²) < 4.78 is 7.20. The summed E-state index contributed by atoms with van der Waals surface area (Å²) in [7, 11) is 1.69. The fourth-order valence-corrected chi connectivity index (χ4v) is 4.68. The summed E-state index contributed by atoms with van der Waals surface area (Å²) in [5.74, 6) is 1.36. The highest BCUT2D eigenvalue weighted by Crippen LogP contribution is 2.30. The van der Waals surface area contributed by atoms with Crippen molar-refractivity contribution < 1.29 is 19.4 Å². The molecule has 0 spiro atoms. The number of aromatic nitrogens is 2. The summed E-state index contributed by atoms with van der Waals surface area (Å²) in [5.41, 5.74) is 6.57. The van der Waals surface area contributed by atoms with Gasteiger partial charge >= 0.3 is 6.16 Å². The molecule has 0 fully saturated rings. The van der Waals surface area contributed by atoms with Crippen molar-refractivity contribution in [2.24, 2.45) is 5.10 Å². The SMILES string of the molecule is CCCc1nc2ccc(C3=NN(C)C(=O)CC3)cc2n1Cc1ccc(-c2ccccc2OC(=O)O)cc1. The zero-order valence-electron chi connectivity index (χ0n) is 20.8. The Kier molecular flexibility index (Phi) is 6.72. The largest absolute Gasteiger partial charge is 0.511 e. The summed E-state index contributed by atoms with van der Waals surface area (Å²) >= 11 is 0. The number of amides is 1. The van der Waals surface area contributed by atoms with Crippen LogP contribution in [0.1, 0.15) is 43.1 Å². The fraction of sp³-hybridized carbons (Fsp3) is 0.241. The quantitative estimate of drug-likeness (QED) is 0.261. The number of hydrogen-bond acceptors (Lipinski definition) is 5. The topological polar surface area (TPSA) is 97.0 Å². The molecule has 5 rings (SSSR count). The summed E-state index contributed by atoms with van der Waals surface area (Å²) in [6.45, 7) is 2.79. The number of carbonyl (C=O) groups excluding carboxylic acids is 1. The lowest BCUT2D eigenvalue weighted by molar-refractivity contribution is -0.130. The molecule has 8 heteroatoms. The van der Waals surface area contributed by atoms with Gasteiger partial charge in [-0.15, -0.1) is 0 Å². The first-order valence-corrected chi connectivity index (χ1v) is 12.4. The maximum absolute atomic E-state index is 11.9. The van der Waals surface area contributed by atoms with Gasteiger partial charge in [-0.1, -0.05) is 55.5 Å². The zero-order chi connectivity index (χ0) is 25.9. The molecule has 0 radical (unpaired) electrons. The molecule has 0 saturated carbocycles. The minimum Gasteiger partial charge on any atom is -0.449 e. The van der Waals surface area contributed by atoms with Crippen LogP contribution in [0, 0.1) is 0 Å². The maximum Gasteiger partial charge on any atom is 0.511 e. The molecular formula is C29H28N4O4. The summed E-state index contributed by atoms with van der Waals surface area (Å²) in [6.07, 6.45) is 1.59. The Morgan fingerprint density at radius 2 is 1.78 bits per heavy atom. The standard InChI is InChI=1S/C29H28N4O4/c1-3-6-27-30-24-14-13-21(23-15-16-28(34)32(2)31-23)17-25(24)33(27)18-19-9-11-20(12-10-19)22-7-4-5-8-26(22)37-29(35)36/h4-5,7-14,17H,3,6,15-16,18H2,1-2H3,(H,35,36). The van der Waals surface area contributed by atoms with Crippen molar-refractivity contribution in [3.8, 4) is 16.9 Å². The highest BCUT2D eigenvalue weighted by atomic mass is 16.7. The van der Waals surface area contributed by atoms with Crippen LogP contribution >= 0.6 is 0 Å². The van der Waals surface area contributed by atoms with E-state index in [1.165, 1.54) is 5.01 Å². The number of fused-ring (bicyclic) bond motifs is 1. The van der Waals surface area contributed by atoms with Gasteiger partial charge in [-0.25, -0.2) is 14.8 Å². The highest BCUT2D eigenvalue weighted by Gasteiger charge is 2.20. The lowest BCUT2D eigenvalue weighted by Gasteiger charge is -2.19. The van der Waals surface area contributed by atoms with E-state index in [4.69, 9.17) is 14.8 Å². The van der Waals surface area contributed by atoms with Gasteiger partial charge in [0, 0.05) is 38.4 Å². The van der Waals surface area contributed by atoms with E-state index in [9.17, 15) is 9.59 Å². The van der Waals surface area contributed by atoms with Gasteiger partial charge in [-0.2, -0.15) is 5.10 Å². The smallest absolute Gasteiger partial charge is 0.449 e. The van der Waals surface area contributed by atoms with Gasteiger partial charge < -0.3 is 14.4 Å². The molecule has 1 N–H and O–H groups in total. The van der Waals surface area contributed by atoms with E-state index in [0.717, 1.165) is 57.7 Å². The molecule has 0 saturated heterocycles. The third-order valence-corrected chi connectivity index (χ3v) is 6.53. The predicted molar refractivity (Wildman–Crippen MR) is 142 cm³/mol. The molecule has 0 bridgehead atoms. The van der Waals surface area contributed by atoms with Crippen molar-refractivity contribution >= 4 is 28.8 Å². The van der Waals surface area contributed by atoms with Gasteiger partial charge in [-0.3, -0.25) is 4.79 Å². The normalized spacial score (nSPS) is 13.6. The van der Waals surface area contributed by atoms with Crippen LogP contribution in [0.5, 0.6) is 5.75 Å². The molecule has 8 nitrogen and oxygen atoms in total. The second kappa shape index (κ2) is 10.3. The number of carbonyl (C=O) groups is 2. The number of nitrogens with zero attached hydrogens (tertiary/aromatic N) is 4. The molecule has 4 aromatic rings. The van der Waals surface area contributed by atoms with Crippen LogP contribution in [0.4, 0.5) is 4.79 Å². The summed E-state index contributed by atoms with van der Waals surface area (Å²) in [6, 6.07) is 21.3. The first-order valence-electron chi connectivity index (χ1n) is 12.4. The average molecular weight is 497 g/mol. The Hall–Kier alpha value is -4.46. The first kappa shape index (κ1) is 24.2. The first-order chi connectivity index (χ1) is 17.9. The Morgan fingerprint density at radius 1 is 1.03 bits per heavy atom. The Bertz CT molecular complexity index is 1500. The second-order valence-corrected chi connectivity index (χ2v) is 9.09. The van der Waals surface area contributed by atoms with Crippen molar-refractivity contribution in [3.05, 3.63) is 83.7 Å². The van der Waals surface area contributed by atoms with Crippen molar-refractivity contribution in [1.82, 2.24) is 14.6 Å². The zero-order valence-corrected chi connectivity index (χ0v) is 20.8. The van der Waals surface area contributed by atoms with Crippen LogP contribution in [-0.2, 0) is 17.8 Å². The van der Waals surface area contributed by atoms with E-state index in [1.807, 2.05) is 48.5 Å². The van der Waals surface area contributed by atoms with Gasteiger partial charge in [0.25, 0.3) is 0 Å². The maximum atomic E-state index is 11.9. The molecular weight excluding hydrogens is 468 g/mol. The molecule has 1 aliphatic heterocycles. The van der Waals surface area contributed by atoms with Crippen LogP contribution in [0.25, 0.3) is 22.2 Å². The van der Waals surface area contributed by atoms with E-state index in [1.54, 1.807) is 19.2 Å². The third kappa shape index (κ3) is 5.09. The van der Waals surface area contributed by atoms with Crippen LogP contribution in [0.15, 0.2) is 71.8 Å². The van der Waals surface area contributed by atoms with Crippen LogP contribution in [-0.4, -0.2) is 44.5 Å². The van der Waals surface area contributed by atoms with Crippen LogP contribution < -0.4 is 4.74 Å². The minimum absolute atomic E-state index is 0.0284. The molecule has 2 heterocycles. The number of carboxylic acid groups (broad SMARTS) is 1. The molecule has 0 aliphatic carbocycles. The van der Waals surface area contributed by atoms with Gasteiger partial charge in [0.05, 0.1) is 16.7 Å². The molecule has 1 amide bonds. The third-order valence-electron chi connectivity index (χ3n) is 6.53. The molecule has 37 heavy (non-hydrogen) atoms. The molecule has 3 aromatic carbocycles. The number of hydrazone groups is 1. The summed E-state index contributed by atoms with van der Waals surface area (Å²) in [4.78, 5) is 27.8. The minimum atomic E-state index is -1.34. The van der Waals surface area contributed by atoms with E-state index < -0.39 is 6.16 Å². The van der Waals surface area contributed by atoms with E-state index >= 15 is 0 Å². The van der Waals surface area contributed by atoms with Gasteiger partial charge in [0.15, 0.2) is 0 Å². The Balaban J connectivity index is 1.48. The monoisotopic (exact) mass is 496 g/mol. The van der Waals surface area contributed by atoms with Gasteiger partial charge in [-0.05, 0) is 41.3 Å². The second-order valence-electron chi connectivity index (χ2n) is 9.09. The lowest BCUT2D eigenvalue weighted by atomic mass is 10.0. The van der Waals surface area contributed by atoms with Crippen molar-refractivity contribution in [2.45, 2.75) is 39.2 Å². The van der Waals surface area contributed by atoms with E-state index in [0.29, 0.717) is 25.1 Å². The number of rotatable bonds is 7. The average Bonchev–Trinajstić information content (AvgIpc) is 3.22.